The molecule has 0 amide bonds. The van der Waals surface area contributed by atoms with Gasteiger partial charge in [-0.3, -0.25) is 18.6 Å². The lowest BCUT2D eigenvalue weighted by Gasteiger charge is -2.19. The second kappa shape index (κ2) is 46.4. The zero-order valence-electron chi connectivity index (χ0n) is 39.2. The number of phosphoric acid groups is 1. The number of aliphatic hydroxyl groups is 1. The van der Waals surface area contributed by atoms with Gasteiger partial charge in [0.25, 0.3) is 0 Å². The summed E-state index contributed by atoms with van der Waals surface area (Å²) in [6, 6.07) is 0. The van der Waals surface area contributed by atoms with E-state index < -0.39 is 38.6 Å². The fourth-order valence-corrected chi connectivity index (χ4v) is 7.33. The molecule has 0 aliphatic carbocycles. The number of carbonyl (C=O) groups excluding carboxylic acids is 2. The molecule has 0 saturated heterocycles. The van der Waals surface area contributed by atoms with Crippen LogP contribution in [0.4, 0.5) is 0 Å². The minimum absolute atomic E-state index is 0.0226. The molecule has 0 aromatic heterocycles. The van der Waals surface area contributed by atoms with Crippen molar-refractivity contribution in [1.29, 1.82) is 0 Å². The second-order valence-electron chi connectivity index (χ2n) is 16.2. The number of allylic oxidation sites excluding steroid dienone is 10. The molecule has 0 aromatic rings. The predicted octanol–water partition coefficient (Wildman–Crippen LogP) is 13.6. The van der Waals surface area contributed by atoms with Crippen molar-refractivity contribution in [3.63, 3.8) is 0 Å². The molecule has 10 nitrogen and oxygen atoms in total. The van der Waals surface area contributed by atoms with Crippen LogP contribution in [0.15, 0.2) is 72.9 Å². The number of nitrogens with two attached hydrogens (primary N) is 1. The summed E-state index contributed by atoms with van der Waals surface area (Å²) in [5.74, 6) is -1.01. The molecule has 0 aromatic carbocycles. The second-order valence-corrected chi connectivity index (χ2v) is 17.6. The molecule has 3 atom stereocenters. The Labute approximate surface area is 378 Å². The van der Waals surface area contributed by atoms with Crippen molar-refractivity contribution in [2.45, 2.75) is 212 Å². The Balaban J connectivity index is 4.25. The topological polar surface area (TPSA) is 155 Å². The third kappa shape index (κ3) is 45.4. The minimum Gasteiger partial charge on any atom is -0.462 e. The number of esters is 2. The largest absolute Gasteiger partial charge is 0.472 e. The third-order valence-corrected chi connectivity index (χ3v) is 11.2. The van der Waals surface area contributed by atoms with Crippen molar-refractivity contribution < 1.29 is 42.7 Å². The van der Waals surface area contributed by atoms with Crippen LogP contribution in [0.3, 0.4) is 0 Å². The summed E-state index contributed by atoms with van der Waals surface area (Å²) in [6.45, 7) is 3.43. The van der Waals surface area contributed by atoms with E-state index in [0.717, 1.165) is 44.9 Å². The van der Waals surface area contributed by atoms with Crippen molar-refractivity contribution in [2.75, 3.05) is 26.4 Å². The molecule has 0 aliphatic rings. The van der Waals surface area contributed by atoms with Gasteiger partial charge in [0.2, 0.25) is 0 Å². The number of phosphoric ester groups is 1. The van der Waals surface area contributed by atoms with Crippen molar-refractivity contribution in [2.24, 2.45) is 5.73 Å². The first kappa shape index (κ1) is 59.4. The molecule has 358 valence electrons. The Kier molecular flexibility index (Phi) is 44.5. The molecule has 0 fully saturated rings. The maximum atomic E-state index is 12.6. The smallest absolute Gasteiger partial charge is 0.462 e. The Morgan fingerprint density at radius 1 is 0.581 bits per heavy atom. The van der Waals surface area contributed by atoms with Crippen molar-refractivity contribution >= 4 is 19.8 Å². The van der Waals surface area contributed by atoms with E-state index in [0.29, 0.717) is 19.3 Å². The van der Waals surface area contributed by atoms with E-state index in [4.69, 9.17) is 24.3 Å². The summed E-state index contributed by atoms with van der Waals surface area (Å²) in [7, 11) is -4.43. The number of rotatable bonds is 45. The van der Waals surface area contributed by atoms with Gasteiger partial charge in [0.05, 0.1) is 19.3 Å². The van der Waals surface area contributed by atoms with Gasteiger partial charge in [0, 0.05) is 19.4 Å². The highest BCUT2D eigenvalue weighted by Gasteiger charge is 2.26. The van der Waals surface area contributed by atoms with E-state index in [1.807, 2.05) is 18.2 Å². The van der Waals surface area contributed by atoms with Crippen LogP contribution >= 0.6 is 7.82 Å². The lowest BCUT2D eigenvalue weighted by atomic mass is 10.0. The van der Waals surface area contributed by atoms with Crippen LogP contribution in [0.2, 0.25) is 0 Å². The van der Waals surface area contributed by atoms with Crippen molar-refractivity contribution in [3.05, 3.63) is 72.9 Å². The van der Waals surface area contributed by atoms with Crippen LogP contribution in [-0.2, 0) is 32.7 Å². The number of carbonyl (C=O) groups is 2. The monoisotopic (exact) mass is 892 g/mol. The number of hydrogen-bond acceptors (Lipinski definition) is 9. The summed E-state index contributed by atoms with van der Waals surface area (Å²) in [5, 5.41) is 10.2. The molecule has 0 rings (SSSR count). The highest BCUT2D eigenvalue weighted by molar-refractivity contribution is 7.47. The summed E-state index contributed by atoms with van der Waals surface area (Å²) in [5.41, 5.74) is 5.35. The van der Waals surface area contributed by atoms with Crippen LogP contribution in [0, 0.1) is 0 Å². The predicted molar refractivity (Wildman–Crippen MR) is 258 cm³/mol. The normalized spacial score (nSPS) is 14.3. The van der Waals surface area contributed by atoms with Gasteiger partial charge >= 0.3 is 19.8 Å². The first-order valence-corrected chi connectivity index (χ1v) is 26.0. The average Bonchev–Trinajstić information content (AvgIpc) is 3.25. The van der Waals surface area contributed by atoms with Crippen molar-refractivity contribution in [3.8, 4) is 0 Å². The zero-order valence-corrected chi connectivity index (χ0v) is 40.1. The van der Waals surface area contributed by atoms with E-state index in [9.17, 15) is 24.2 Å². The number of ether oxygens (including phenoxy) is 2. The minimum atomic E-state index is -4.43. The van der Waals surface area contributed by atoms with Crippen LogP contribution in [0.1, 0.15) is 200 Å². The van der Waals surface area contributed by atoms with Gasteiger partial charge in [0.15, 0.2) is 6.10 Å². The molecule has 2 unspecified atom stereocenters. The average molecular weight is 892 g/mol. The SMILES string of the molecule is CC/C=C\C/C=C\C/C=C\C/C=C\C=C/C(O)C/C=C\CCC(=O)O[C@H](COC(=O)CCCCCCCCCCCCCCCCCCCCCCC)COP(=O)(O)OCCN. The Bertz CT molecular complexity index is 1260. The highest BCUT2D eigenvalue weighted by atomic mass is 31.2. The number of aliphatic hydroxyl groups excluding tert-OH is 1. The Morgan fingerprint density at radius 2 is 1.08 bits per heavy atom. The molecule has 4 N–H and O–H groups in total. The molecule has 0 spiro atoms. The quantitative estimate of drug-likeness (QED) is 0.0177. The Morgan fingerprint density at radius 3 is 1.60 bits per heavy atom. The fourth-order valence-electron chi connectivity index (χ4n) is 6.57. The number of hydrogen-bond donors (Lipinski definition) is 3. The highest BCUT2D eigenvalue weighted by Crippen LogP contribution is 2.43. The lowest BCUT2D eigenvalue weighted by Crippen LogP contribution is -2.29. The molecule has 0 saturated carbocycles. The molecular formula is C51H90NO9P. The maximum Gasteiger partial charge on any atom is 0.472 e. The molecule has 0 heterocycles. The first-order valence-electron chi connectivity index (χ1n) is 24.5. The van der Waals surface area contributed by atoms with Crippen molar-refractivity contribution in [1.82, 2.24) is 0 Å². The Hall–Kier alpha value is -2.59. The van der Waals surface area contributed by atoms with Gasteiger partial charge in [0.1, 0.15) is 6.61 Å². The van der Waals surface area contributed by atoms with E-state index in [2.05, 4.69) is 50.3 Å². The molecule has 0 bridgehead atoms. The maximum absolute atomic E-state index is 12.6. The summed E-state index contributed by atoms with van der Waals surface area (Å²) in [6.07, 6.45) is 54.0. The molecular weight excluding hydrogens is 802 g/mol. The van der Waals surface area contributed by atoms with Gasteiger partial charge in [-0.05, 0) is 44.9 Å². The lowest BCUT2D eigenvalue weighted by molar-refractivity contribution is -0.161. The van der Waals surface area contributed by atoms with Crippen LogP contribution in [0.25, 0.3) is 0 Å². The molecule has 0 aliphatic heterocycles. The fraction of sp³-hybridized carbons (Fsp3) is 0.725. The standard InChI is InChI=1S/C51H90NO9P/c1-3-5-7-9-11-13-15-17-18-19-20-21-22-23-24-26-28-30-32-34-38-42-50(54)58-46-49(47-60-62(56,57)59-45-44-52)61-51(55)43-39-35-37-41-48(53)40-36-33-31-29-27-25-16-14-12-10-8-6-4-2/h6,8,12,14,25,27,31,33,35-37,40,48-49,53H,3-5,7,9-11,13,15-24,26,28-30,32,34,38-39,41-47,52H2,1-2H3,(H,56,57)/b8-6-,14-12-,27-25-,33-31-,37-35-,40-36-/t48?,49-/m1/s1. The number of unbranched alkanes of at least 4 members (excludes halogenated alkanes) is 20. The first-order chi connectivity index (χ1) is 30.2. The van der Waals surface area contributed by atoms with E-state index in [1.54, 1.807) is 18.2 Å². The van der Waals surface area contributed by atoms with Crippen LogP contribution < -0.4 is 5.73 Å². The van der Waals surface area contributed by atoms with E-state index in [1.165, 1.54) is 109 Å². The molecule has 0 radical (unpaired) electrons. The summed E-state index contributed by atoms with van der Waals surface area (Å²) < 4.78 is 32.7. The van der Waals surface area contributed by atoms with E-state index in [-0.39, 0.29) is 32.6 Å². The van der Waals surface area contributed by atoms with E-state index >= 15 is 0 Å². The van der Waals surface area contributed by atoms with Crippen LogP contribution in [0.5, 0.6) is 0 Å². The molecule has 62 heavy (non-hydrogen) atoms. The molecule has 11 heteroatoms. The van der Waals surface area contributed by atoms with Gasteiger partial charge < -0.3 is 25.2 Å². The van der Waals surface area contributed by atoms with Crippen LogP contribution in [-0.4, -0.2) is 60.5 Å². The third-order valence-electron chi connectivity index (χ3n) is 10.2. The zero-order chi connectivity index (χ0) is 45.5. The van der Waals surface area contributed by atoms with Gasteiger partial charge in [-0.2, -0.15) is 0 Å². The summed E-state index contributed by atoms with van der Waals surface area (Å²) in [4.78, 5) is 35.0. The van der Waals surface area contributed by atoms with Gasteiger partial charge in [-0.15, -0.1) is 0 Å². The van der Waals surface area contributed by atoms with Gasteiger partial charge in [-0.25, -0.2) is 4.57 Å². The van der Waals surface area contributed by atoms with Gasteiger partial charge in [-0.1, -0.05) is 215 Å². The summed E-state index contributed by atoms with van der Waals surface area (Å²) >= 11 is 0.